The van der Waals surface area contributed by atoms with E-state index in [9.17, 15) is 36.3 Å². The molecule has 5 atom stereocenters. The van der Waals surface area contributed by atoms with Crippen LogP contribution in [0, 0.1) is 0 Å². The van der Waals surface area contributed by atoms with Gasteiger partial charge in [-0.2, -0.15) is 0 Å². The van der Waals surface area contributed by atoms with E-state index in [0.717, 1.165) is 22.3 Å². The first kappa shape index (κ1) is 41.3. The first-order valence-electron chi connectivity index (χ1n) is 17.5. The lowest BCUT2D eigenvalue weighted by molar-refractivity contribution is -0.141. The van der Waals surface area contributed by atoms with Gasteiger partial charge in [0.1, 0.15) is 11.6 Å². The molecule has 2 aliphatic rings. The van der Waals surface area contributed by atoms with Gasteiger partial charge in [0.15, 0.2) is 5.25 Å². The summed E-state index contributed by atoms with van der Waals surface area (Å²) in [6.45, 7) is 15.4. The predicted octanol–water partition coefficient (Wildman–Crippen LogP) is 5.43. The first-order chi connectivity index (χ1) is 24.1. The molecule has 2 aliphatic heterocycles. The van der Waals surface area contributed by atoms with E-state index in [2.05, 4.69) is 16.0 Å². The van der Waals surface area contributed by atoms with Gasteiger partial charge in [0.25, 0.3) is 10.0 Å². The molecule has 2 fully saturated rings. The number of nitrogens with one attached hydrogen (secondary N) is 5. The Morgan fingerprint density at radius 3 is 1.79 bits per heavy atom. The highest BCUT2D eigenvalue weighted by molar-refractivity contribution is 7.91. The number of rotatable bonds is 14. The average Bonchev–Trinajstić information content (AvgIpc) is 3.00. The zero-order valence-electron chi connectivity index (χ0n) is 30.8. The van der Waals surface area contributed by atoms with Gasteiger partial charge in [-0.3, -0.25) is 10.1 Å². The van der Waals surface area contributed by atoms with Gasteiger partial charge in [0.2, 0.25) is 15.9 Å². The minimum atomic E-state index is -4.34. The van der Waals surface area contributed by atoms with Crippen LogP contribution in [0.15, 0.2) is 30.3 Å². The second-order valence-corrected chi connectivity index (χ2v) is 18.8. The summed E-state index contributed by atoms with van der Waals surface area (Å²) < 4.78 is 55.5. The van der Waals surface area contributed by atoms with Crippen LogP contribution in [0.3, 0.4) is 0 Å². The van der Waals surface area contributed by atoms with Crippen LogP contribution < -0.4 is 25.4 Å². The number of hydrogen-bond acceptors (Lipinski definition) is 9. The zero-order valence-corrected chi connectivity index (χ0v) is 33.2. The lowest BCUT2D eigenvalue weighted by atomic mass is 9.88. The summed E-state index contributed by atoms with van der Waals surface area (Å²) in [7, 11) is -8.41. The normalized spacial score (nSPS) is 20.3. The molecule has 0 radical (unpaired) electrons. The Hall–Kier alpha value is -3.44. The molecule has 2 aromatic rings. The molecule has 0 aromatic heterocycles. The van der Waals surface area contributed by atoms with E-state index in [0.29, 0.717) is 29.2 Å². The third kappa shape index (κ3) is 9.37. The minimum Gasteiger partial charge on any atom is -0.378 e. The molecule has 4 rings (SSSR count). The van der Waals surface area contributed by atoms with Crippen LogP contribution >= 0.6 is 11.6 Å². The average molecular weight is 783 g/mol. The number of β-lactam (4-membered cyclic amide) rings is 1. The molecule has 6 N–H and O–H groups in total. The maximum atomic E-state index is 13.2. The van der Waals surface area contributed by atoms with Gasteiger partial charge < -0.3 is 20.6 Å². The molecule has 0 bridgehead atoms. The van der Waals surface area contributed by atoms with E-state index in [-0.39, 0.29) is 42.7 Å². The van der Waals surface area contributed by atoms with Crippen molar-refractivity contribution >= 4 is 61.0 Å². The highest BCUT2D eigenvalue weighted by atomic mass is 35.5. The first-order valence-corrected chi connectivity index (χ1v) is 21.0. The van der Waals surface area contributed by atoms with Crippen LogP contribution in [0.5, 0.6) is 0 Å². The highest BCUT2D eigenvalue weighted by Crippen LogP contribution is 2.37. The largest absolute Gasteiger partial charge is 0.378 e. The number of nitrogens with zero attached hydrogens (tertiary/aromatic N) is 1. The Morgan fingerprint density at radius 2 is 1.31 bits per heavy atom. The van der Waals surface area contributed by atoms with Gasteiger partial charge in [-0.05, 0) is 77.8 Å². The van der Waals surface area contributed by atoms with Gasteiger partial charge in [0, 0.05) is 35.4 Å². The number of likely N-dealkylation sites (tertiary alicyclic amines) is 1. The number of halogens is 1. The summed E-state index contributed by atoms with van der Waals surface area (Å²) in [4.78, 5) is 40.5. The van der Waals surface area contributed by atoms with Gasteiger partial charge in [-0.15, -0.1) is 0 Å². The maximum absolute atomic E-state index is 13.2. The van der Waals surface area contributed by atoms with E-state index < -0.39 is 54.9 Å². The topological polar surface area (TPSA) is 203 Å². The molecule has 0 aliphatic carbocycles. The Morgan fingerprint density at radius 1 is 0.827 bits per heavy atom. The number of carbonyl (C=O) groups is 3. The second kappa shape index (κ2) is 16.3. The van der Waals surface area contributed by atoms with E-state index in [1.165, 1.54) is 4.90 Å². The fourth-order valence-electron chi connectivity index (χ4n) is 6.47. The lowest BCUT2D eigenvalue weighted by Gasteiger charge is -2.42. The molecular weight excluding hydrogens is 732 g/mol. The standard InChI is InChI=1S/C35H51ClN6O8S2/c1-18(2)24-10-9-11-25(31(24)38-35(46)41-52(49,50)30-16-29(43)37-30)21(7)12-13-22(8)42-17-28(33(42)44)51(47,48)40-34(45)39-32-26(19(3)4)14-23(36)15-27(32)20(5)6/h9-11,14-15,18-22,28-30,37,43H,12-13,16-17H2,1-8H3,(H2,38,41,46)(H2,39,40,45). The van der Waals surface area contributed by atoms with Crippen molar-refractivity contribution in [1.82, 2.24) is 19.7 Å². The highest BCUT2D eigenvalue weighted by Gasteiger charge is 2.48. The van der Waals surface area contributed by atoms with Crippen LogP contribution in [0.1, 0.15) is 121 Å². The summed E-state index contributed by atoms with van der Waals surface area (Å²) in [5.74, 6) is -0.767. The second-order valence-electron chi connectivity index (χ2n) is 14.7. The van der Waals surface area contributed by atoms with Crippen molar-refractivity contribution in [3.63, 3.8) is 0 Å². The van der Waals surface area contributed by atoms with Crippen molar-refractivity contribution in [2.24, 2.45) is 0 Å². The van der Waals surface area contributed by atoms with Crippen LogP contribution in [0.4, 0.5) is 21.0 Å². The minimum absolute atomic E-state index is 0.00425. The Balaban J connectivity index is 1.38. The van der Waals surface area contributed by atoms with Crippen molar-refractivity contribution in [2.45, 2.75) is 121 Å². The van der Waals surface area contributed by atoms with E-state index >= 15 is 0 Å². The number of para-hydroxylation sites is 1. The number of aliphatic hydroxyl groups is 1. The molecule has 52 heavy (non-hydrogen) atoms. The van der Waals surface area contributed by atoms with E-state index in [4.69, 9.17) is 11.6 Å². The molecule has 17 heteroatoms. The van der Waals surface area contributed by atoms with Crippen molar-refractivity contribution in [3.8, 4) is 0 Å². The summed E-state index contributed by atoms with van der Waals surface area (Å²) in [6.07, 6.45) is 0.0812. The van der Waals surface area contributed by atoms with Crippen LogP contribution in [0.25, 0.3) is 0 Å². The summed E-state index contributed by atoms with van der Waals surface area (Å²) in [5.41, 5.74) is 4.08. The number of anilines is 2. The smallest absolute Gasteiger partial charge is 0.332 e. The third-order valence-corrected chi connectivity index (χ3v) is 13.0. The maximum Gasteiger partial charge on any atom is 0.332 e. The molecule has 2 heterocycles. The third-order valence-electron chi connectivity index (χ3n) is 9.67. The van der Waals surface area contributed by atoms with Gasteiger partial charge in [0.05, 0.1) is 0 Å². The van der Waals surface area contributed by atoms with E-state index in [1.807, 2.05) is 83.0 Å². The molecule has 2 saturated heterocycles. The number of benzene rings is 2. The number of sulfonamides is 2. The van der Waals surface area contributed by atoms with Crippen molar-refractivity contribution in [1.29, 1.82) is 0 Å². The van der Waals surface area contributed by atoms with Crippen LogP contribution in [-0.2, 0) is 24.8 Å². The molecule has 14 nitrogen and oxygen atoms in total. The zero-order chi connectivity index (χ0) is 38.9. The summed E-state index contributed by atoms with van der Waals surface area (Å²) >= 11 is 6.32. The number of aliphatic hydroxyl groups excluding tert-OH is 1. The lowest BCUT2D eigenvalue weighted by Crippen LogP contribution is -2.65. The van der Waals surface area contributed by atoms with E-state index in [1.54, 1.807) is 12.1 Å². The predicted molar refractivity (Wildman–Crippen MR) is 202 cm³/mol. The summed E-state index contributed by atoms with van der Waals surface area (Å²) in [5, 5.41) is 15.3. The number of urea groups is 2. The molecule has 288 valence electrons. The molecule has 0 saturated carbocycles. The summed E-state index contributed by atoms with van der Waals surface area (Å²) in [6, 6.07) is 6.83. The molecule has 0 spiro atoms. The van der Waals surface area contributed by atoms with Gasteiger partial charge in [-0.25, -0.2) is 35.9 Å². The molecule has 2 aromatic carbocycles. The van der Waals surface area contributed by atoms with Crippen molar-refractivity contribution in [3.05, 3.63) is 57.6 Å². The Kier molecular flexibility index (Phi) is 12.9. The van der Waals surface area contributed by atoms with Gasteiger partial charge in [-0.1, -0.05) is 78.3 Å². The quantitative estimate of drug-likeness (QED) is 0.135. The number of amides is 5. The molecular formula is C35H51ClN6O8S2. The molecule has 5 amide bonds. The fraction of sp³-hybridized carbons (Fsp3) is 0.571. The fourth-order valence-corrected chi connectivity index (χ4v) is 9.14. The SMILES string of the molecule is CC(C)c1cc(Cl)cc(C(C)C)c1NC(=O)NS(=O)(=O)C1CN(C(C)CCC(C)c2cccc(C(C)C)c2NC(=O)NS(=O)(=O)C2CC(O)N2)C1=O. The Labute approximate surface area is 311 Å². The van der Waals surface area contributed by atoms with Gasteiger partial charge >= 0.3 is 12.1 Å². The molecule has 5 unspecified atom stereocenters. The number of carbonyl (C=O) groups excluding carboxylic acids is 3. The van der Waals surface area contributed by atoms with Crippen LogP contribution in [-0.4, -0.2) is 74.2 Å². The monoisotopic (exact) mass is 782 g/mol. The number of hydrogen-bond donors (Lipinski definition) is 6. The van der Waals surface area contributed by atoms with Crippen molar-refractivity contribution < 1.29 is 36.3 Å². The van der Waals surface area contributed by atoms with Crippen LogP contribution in [0.2, 0.25) is 5.02 Å². The Bertz CT molecular complexity index is 1870. The van der Waals surface area contributed by atoms with Crippen molar-refractivity contribution in [2.75, 3.05) is 17.2 Å².